The molecule has 0 fully saturated rings. The van der Waals surface area contributed by atoms with Crippen molar-refractivity contribution < 1.29 is 5.11 Å². The van der Waals surface area contributed by atoms with E-state index in [-0.39, 0.29) is 0 Å². The molecule has 0 bridgehead atoms. The molecule has 0 amide bonds. The lowest BCUT2D eigenvalue weighted by Gasteiger charge is -2.16. The van der Waals surface area contributed by atoms with Gasteiger partial charge in [-0.05, 0) is 38.0 Å². The Morgan fingerprint density at radius 2 is 2.36 bits per heavy atom. The molecular weight excluding hydrogens is 140 g/mol. The second-order valence-electron chi connectivity index (χ2n) is 2.92. The Morgan fingerprint density at radius 1 is 1.64 bits per heavy atom. The number of aliphatic hydroxyl groups is 1. The van der Waals surface area contributed by atoms with Crippen molar-refractivity contribution in [2.45, 2.75) is 6.23 Å². The fraction of sp³-hybridized carbons (Fsp3) is 0.500. The van der Waals surface area contributed by atoms with Gasteiger partial charge in [0.2, 0.25) is 0 Å². The monoisotopic (exact) mass is 154 g/mol. The van der Waals surface area contributed by atoms with E-state index < -0.39 is 6.23 Å². The molecule has 62 valence electrons. The summed E-state index contributed by atoms with van der Waals surface area (Å²) in [5.41, 5.74) is 1.14. The van der Waals surface area contributed by atoms with E-state index in [4.69, 9.17) is 5.11 Å². The van der Waals surface area contributed by atoms with Crippen LogP contribution in [0.3, 0.4) is 0 Å². The Morgan fingerprint density at radius 3 is 2.91 bits per heavy atom. The highest BCUT2D eigenvalue weighted by Crippen LogP contribution is 2.03. The van der Waals surface area contributed by atoms with Crippen LogP contribution in [0.15, 0.2) is 23.9 Å². The van der Waals surface area contributed by atoms with Gasteiger partial charge in [-0.15, -0.1) is 0 Å². The van der Waals surface area contributed by atoms with Crippen molar-refractivity contribution in [2.75, 3.05) is 20.6 Å². The lowest BCUT2D eigenvalue weighted by Crippen LogP contribution is -2.26. The number of aliphatic hydroxyl groups excluding tert-OH is 1. The highest BCUT2D eigenvalue weighted by molar-refractivity contribution is 5.24. The van der Waals surface area contributed by atoms with Crippen molar-refractivity contribution >= 4 is 0 Å². The van der Waals surface area contributed by atoms with Crippen molar-refractivity contribution in [1.29, 1.82) is 0 Å². The van der Waals surface area contributed by atoms with Crippen LogP contribution in [-0.4, -0.2) is 36.9 Å². The third kappa shape index (κ3) is 2.74. The molecule has 0 radical (unpaired) electrons. The summed E-state index contributed by atoms with van der Waals surface area (Å²) in [6.07, 6.45) is 5.02. The van der Waals surface area contributed by atoms with Crippen molar-refractivity contribution in [3.8, 4) is 0 Å². The summed E-state index contributed by atoms with van der Waals surface area (Å²) in [6.45, 7) is 0.870. The van der Waals surface area contributed by atoms with Crippen molar-refractivity contribution in [3.05, 3.63) is 23.9 Å². The van der Waals surface area contributed by atoms with Crippen LogP contribution in [0.4, 0.5) is 0 Å². The summed E-state index contributed by atoms with van der Waals surface area (Å²) in [6, 6.07) is 0. The fourth-order valence-corrected chi connectivity index (χ4v) is 1.03. The molecular formula is C8H14N2O. The van der Waals surface area contributed by atoms with E-state index >= 15 is 0 Å². The van der Waals surface area contributed by atoms with Gasteiger partial charge in [-0.25, -0.2) is 0 Å². The first-order valence-corrected chi connectivity index (χ1v) is 3.64. The topological polar surface area (TPSA) is 35.5 Å². The van der Waals surface area contributed by atoms with Gasteiger partial charge < -0.3 is 15.3 Å². The SMILES string of the molecule is CN(C)CC1=CC(O)NC=C1. The number of hydrogen-bond donors (Lipinski definition) is 2. The van der Waals surface area contributed by atoms with Crippen LogP contribution in [0.2, 0.25) is 0 Å². The van der Waals surface area contributed by atoms with Crippen LogP contribution in [0, 0.1) is 0 Å². The maximum atomic E-state index is 9.14. The molecule has 1 aliphatic rings. The normalized spacial score (nSPS) is 23.3. The molecule has 1 heterocycles. The van der Waals surface area contributed by atoms with E-state index in [9.17, 15) is 0 Å². The first kappa shape index (κ1) is 8.30. The standard InChI is InChI=1S/C8H14N2O/c1-10(2)6-7-3-4-9-8(11)5-7/h3-5,8-9,11H,6H2,1-2H3. The minimum absolute atomic E-state index is 0.519. The quantitative estimate of drug-likeness (QED) is 0.583. The minimum atomic E-state index is -0.519. The molecule has 0 aliphatic carbocycles. The van der Waals surface area contributed by atoms with Crippen molar-refractivity contribution in [2.24, 2.45) is 0 Å². The smallest absolute Gasteiger partial charge is 0.143 e. The minimum Gasteiger partial charge on any atom is -0.370 e. The van der Waals surface area contributed by atoms with Gasteiger partial charge in [0.15, 0.2) is 0 Å². The lowest BCUT2D eigenvalue weighted by molar-refractivity contribution is 0.199. The first-order valence-electron chi connectivity index (χ1n) is 3.64. The van der Waals surface area contributed by atoms with Gasteiger partial charge in [0.1, 0.15) is 6.23 Å². The summed E-state index contributed by atoms with van der Waals surface area (Å²) in [4.78, 5) is 2.06. The molecule has 0 spiro atoms. The van der Waals surface area contributed by atoms with Crippen LogP contribution in [-0.2, 0) is 0 Å². The van der Waals surface area contributed by atoms with E-state index in [0.29, 0.717) is 0 Å². The van der Waals surface area contributed by atoms with Crippen LogP contribution >= 0.6 is 0 Å². The highest BCUT2D eigenvalue weighted by Gasteiger charge is 2.03. The first-order chi connectivity index (χ1) is 5.18. The van der Waals surface area contributed by atoms with Gasteiger partial charge >= 0.3 is 0 Å². The predicted octanol–water partition coefficient (Wildman–Crippen LogP) is -0.0903. The molecule has 1 atom stereocenters. The molecule has 0 aromatic rings. The van der Waals surface area contributed by atoms with E-state index in [0.717, 1.165) is 12.1 Å². The van der Waals surface area contributed by atoms with Gasteiger partial charge in [0.25, 0.3) is 0 Å². The van der Waals surface area contributed by atoms with E-state index in [1.807, 2.05) is 20.2 Å². The van der Waals surface area contributed by atoms with Crippen LogP contribution in [0.25, 0.3) is 0 Å². The molecule has 11 heavy (non-hydrogen) atoms. The molecule has 0 saturated heterocycles. The summed E-state index contributed by atoms with van der Waals surface area (Å²) in [5.74, 6) is 0. The number of dihydropyridines is 1. The van der Waals surface area contributed by atoms with Gasteiger partial charge in [-0.1, -0.05) is 0 Å². The highest BCUT2D eigenvalue weighted by atomic mass is 16.3. The van der Waals surface area contributed by atoms with Crippen molar-refractivity contribution in [3.63, 3.8) is 0 Å². The summed E-state index contributed by atoms with van der Waals surface area (Å²) in [7, 11) is 4.01. The van der Waals surface area contributed by atoms with E-state index in [1.165, 1.54) is 0 Å². The van der Waals surface area contributed by atoms with Crippen molar-refractivity contribution in [1.82, 2.24) is 10.2 Å². The molecule has 1 aliphatic heterocycles. The van der Waals surface area contributed by atoms with Crippen LogP contribution < -0.4 is 5.32 Å². The van der Waals surface area contributed by atoms with Gasteiger partial charge in [0, 0.05) is 6.54 Å². The third-order valence-corrected chi connectivity index (χ3v) is 1.44. The third-order valence-electron chi connectivity index (χ3n) is 1.44. The second-order valence-corrected chi connectivity index (χ2v) is 2.92. The lowest BCUT2D eigenvalue weighted by atomic mass is 10.2. The Balaban J connectivity index is 2.50. The van der Waals surface area contributed by atoms with Crippen LogP contribution in [0.5, 0.6) is 0 Å². The average molecular weight is 154 g/mol. The largest absolute Gasteiger partial charge is 0.370 e. The zero-order chi connectivity index (χ0) is 8.27. The van der Waals surface area contributed by atoms with Gasteiger partial charge in [0.05, 0.1) is 0 Å². The molecule has 0 saturated carbocycles. The molecule has 2 N–H and O–H groups in total. The zero-order valence-corrected chi connectivity index (χ0v) is 6.91. The number of nitrogens with zero attached hydrogens (tertiary/aromatic N) is 1. The van der Waals surface area contributed by atoms with Crippen LogP contribution in [0.1, 0.15) is 0 Å². The maximum absolute atomic E-state index is 9.14. The molecule has 3 nitrogen and oxygen atoms in total. The maximum Gasteiger partial charge on any atom is 0.143 e. The number of hydrogen-bond acceptors (Lipinski definition) is 3. The molecule has 3 heteroatoms. The van der Waals surface area contributed by atoms with E-state index in [2.05, 4.69) is 10.2 Å². The average Bonchev–Trinajstić information content (AvgIpc) is 1.85. The predicted molar refractivity (Wildman–Crippen MR) is 44.9 cm³/mol. The summed E-state index contributed by atoms with van der Waals surface area (Å²) >= 11 is 0. The Hall–Kier alpha value is -0.800. The Kier molecular flexibility index (Phi) is 2.68. The molecule has 0 aromatic carbocycles. The number of nitrogens with one attached hydrogen (secondary N) is 1. The summed E-state index contributed by atoms with van der Waals surface area (Å²) in [5, 5.41) is 11.9. The zero-order valence-electron chi connectivity index (χ0n) is 6.91. The number of rotatable bonds is 2. The Labute approximate surface area is 67.0 Å². The molecule has 1 rings (SSSR count). The van der Waals surface area contributed by atoms with Gasteiger partial charge in [-0.3, -0.25) is 0 Å². The number of likely N-dealkylation sites (N-methyl/N-ethyl adjacent to an activating group) is 1. The van der Waals surface area contributed by atoms with E-state index in [1.54, 1.807) is 12.3 Å². The van der Waals surface area contributed by atoms with Gasteiger partial charge in [-0.2, -0.15) is 0 Å². The molecule has 1 unspecified atom stereocenters. The Bertz CT molecular complexity index is 185. The fourth-order valence-electron chi connectivity index (χ4n) is 1.03. The second kappa shape index (κ2) is 3.55. The molecule has 0 aromatic heterocycles. The summed E-state index contributed by atoms with van der Waals surface area (Å²) < 4.78 is 0.